The van der Waals surface area contributed by atoms with Crippen LogP contribution in [0.25, 0.3) is 0 Å². The summed E-state index contributed by atoms with van der Waals surface area (Å²) in [7, 11) is -2.20. The van der Waals surface area contributed by atoms with E-state index in [0.29, 0.717) is 39.3 Å². The summed E-state index contributed by atoms with van der Waals surface area (Å²) in [6, 6.07) is 3.32. The molecule has 0 saturated carbocycles. The van der Waals surface area contributed by atoms with Gasteiger partial charge < -0.3 is 15.0 Å². The second kappa shape index (κ2) is 12.2. The largest absolute Gasteiger partial charge is 0.385 e. The first-order chi connectivity index (χ1) is 15.2. The van der Waals surface area contributed by atoms with Crippen molar-refractivity contribution in [1.82, 2.24) is 19.4 Å². The van der Waals surface area contributed by atoms with E-state index >= 15 is 0 Å². The fourth-order valence-corrected chi connectivity index (χ4v) is 5.01. The predicted octanol–water partition coefficient (Wildman–Crippen LogP) is 0.767. The lowest BCUT2D eigenvalue weighted by Gasteiger charge is -2.34. The summed E-state index contributed by atoms with van der Waals surface area (Å²) in [5.74, 6) is -1.41. The van der Waals surface area contributed by atoms with Gasteiger partial charge in [-0.15, -0.1) is 0 Å². The van der Waals surface area contributed by atoms with Crippen LogP contribution in [-0.2, 0) is 19.6 Å². The van der Waals surface area contributed by atoms with Crippen molar-refractivity contribution in [3.05, 3.63) is 29.6 Å². The summed E-state index contributed by atoms with van der Waals surface area (Å²) in [4.78, 5) is 28.2. The van der Waals surface area contributed by atoms with Crippen LogP contribution in [0.4, 0.5) is 4.39 Å². The molecule has 1 heterocycles. The number of piperazine rings is 1. The Kier molecular flexibility index (Phi) is 10.0. The molecule has 2 amide bonds. The Hall–Kier alpha value is -2.08. The smallest absolute Gasteiger partial charge is 0.256 e. The Morgan fingerprint density at radius 3 is 2.41 bits per heavy atom. The van der Waals surface area contributed by atoms with Crippen molar-refractivity contribution >= 4 is 21.8 Å². The number of nitrogens with one attached hydrogen (secondary N) is 1. The summed E-state index contributed by atoms with van der Waals surface area (Å²) in [6.07, 6.45) is 0.735. The van der Waals surface area contributed by atoms with Gasteiger partial charge in [-0.2, -0.15) is 4.31 Å². The summed E-state index contributed by atoms with van der Waals surface area (Å²) in [6.45, 7) is 6.92. The summed E-state index contributed by atoms with van der Waals surface area (Å²) < 4.78 is 46.1. The number of hydrogen-bond donors (Lipinski definition) is 1. The van der Waals surface area contributed by atoms with E-state index in [9.17, 15) is 22.4 Å². The lowest BCUT2D eigenvalue weighted by Crippen LogP contribution is -2.51. The molecule has 1 aliphatic heterocycles. The van der Waals surface area contributed by atoms with Gasteiger partial charge in [-0.05, 0) is 24.6 Å². The fraction of sp³-hybridized carbons (Fsp3) is 0.619. The minimum atomic E-state index is -3.80. The van der Waals surface area contributed by atoms with Gasteiger partial charge >= 0.3 is 0 Å². The maximum atomic E-state index is 14.4. The van der Waals surface area contributed by atoms with Crippen LogP contribution >= 0.6 is 0 Å². The quantitative estimate of drug-likeness (QED) is 0.478. The van der Waals surface area contributed by atoms with E-state index in [4.69, 9.17) is 4.74 Å². The van der Waals surface area contributed by atoms with E-state index in [1.165, 1.54) is 15.3 Å². The molecule has 11 heteroatoms. The zero-order chi connectivity index (χ0) is 23.7. The van der Waals surface area contributed by atoms with Gasteiger partial charge in [-0.25, -0.2) is 12.8 Å². The third-order valence-electron chi connectivity index (χ3n) is 5.39. The number of halogens is 1. The molecule has 1 aromatic rings. The van der Waals surface area contributed by atoms with E-state index in [1.807, 2.05) is 4.90 Å². The highest BCUT2D eigenvalue weighted by Crippen LogP contribution is 2.21. The van der Waals surface area contributed by atoms with Crippen LogP contribution in [0.2, 0.25) is 0 Å². The van der Waals surface area contributed by atoms with Gasteiger partial charge in [-0.3, -0.25) is 14.5 Å². The average molecular weight is 473 g/mol. The second-order valence-electron chi connectivity index (χ2n) is 7.50. The Morgan fingerprint density at radius 2 is 1.81 bits per heavy atom. The topological polar surface area (TPSA) is 99.3 Å². The molecule has 0 unspecified atom stereocenters. The van der Waals surface area contributed by atoms with Crippen LogP contribution in [0.15, 0.2) is 23.1 Å². The molecule has 0 bridgehead atoms. The minimum absolute atomic E-state index is 0.0961. The monoisotopic (exact) mass is 472 g/mol. The molecule has 1 N–H and O–H groups in total. The maximum absolute atomic E-state index is 14.4. The first-order valence-corrected chi connectivity index (χ1v) is 12.3. The van der Waals surface area contributed by atoms with Crippen molar-refractivity contribution in [3.8, 4) is 0 Å². The van der Waals surface area contributed by atoms with E-state index in [2.05, 4.69) is 5.32 Å². The Labute approximate surface area is 189 Å². The zero-order valence-corrected chi connectivity index (χ0v) is 19.8. The van der Waals surface area contributed by atoms with Crippen molar-refractivity contribution in [2.24, 2.45) is 0 Å². The standard InChI is InChI=1S/C21H33FN4O5S/c1-4-26(5-2)32(29,30)17-7-8-19(22)18(15-17)21(28)25-12-10-24(11-13-25)16-20(27)23-9-6-14-31-3/h7-8,15H,4-6,9-14,16H2,1-3H3,(H,23,27). The molecule has 180 valence electrons. The van der Waals surface area contributed by atoms with Crippen molar-refractivity contribution in [3.63, 3.8) is 0 Å². The van der Waals surface area contributed by atoms with Crippen molar-refractivity contribution in [2.45, 2.75) is 25.2 Å². The van der Waals surface area contributed by atoms with Gasteiger partial charge in [0.15, 0.2) is 0 Å². The Balaban J connectivity index is 1.99. The SMILES string of the molecule is CCN(CC)S(=O)(=O)c1ccc(F)c(C(=O)N2CCN(CC(=O)NCCCOC)CC2)c1. The van der Waals surface area contributed by atoms with E-state index in [-0.39, 0.29) is 36.0 Å². The number of carbonyl (C=O) groups excluding carboxylic acids is 2. The minimum Gasteiger partial charge on any atom is -0.385 e. The zero-order valence-electron chi connectivity index (χ0n) is 19.0. The molecule has 0 aromatic heterocycles. The molecule has 32 heavy (non-hydrogen) atoms. The van der Waals surface area contributed by atoms with E-state index < -0.39 is 21.7 Å². The number of sulfonamides is 1. The highest BCUT2D eigenvalue weighted by Gasteiger charge is 2.28. The van der Waals surface area contributed by atoms with Gasteiger partial charge in [0.05, 0.1) is 17.0 Å². The summed E-state index contributed by atoms with van der Waals surface area (Å²) in [5, 5.41) is 2.82. The molecular weight excluding hydrogens is 439 g/mol. The molecule has 1 aromatic carbocycles. The number of ether oxygens (including phenoxy) is 1. The van der Waals surface area contributed by atoms with E-state index in [1.54, 1.807) is 21.0 Å². The summed E-state index contributed by atoms with van der Waals surface area (Å²) in [5.41, 5.74) is -0.262. The van der Waals surface area contributed by atoms with Gasteiger partial charge in [0.25, 0.3) is 5.91 Å². The van der Waals surface area contributed by atoms with Crippen LogP contribution in [0, 0.1) is 5.82 Å². The number of carbonyl (C=O) groups is 2. The molecule has 1 fully saturated rings. The number of hydrogen-bond acceptors (Lipinski definition) is 6. The third-order valence-corrected chi connectivity index (χ3v) is 7.43. The molecule has 1 saturated heterocycles. The first-order valence-electron chi connectivity index (χ1n) is 10.8. The van der Waals surface area contributed by atoms with Gasteiger partial charge in [0, 0.05) is 59.5 Å². The van der Waals surface area contributed by atoms with Crippen molar-refractivity contribution in [1.29, 1.82) is 0 Å². The summed E-state index contributed by atoms with van der Waals surface area (Å²) >= 11 is 0. The fourth-order valence-electron chi connectivity index (χ4n) is 3.52. The van der Waals surface area contributed by atoms with Crippen molar-refractivity contribution < 1.29 is 27.1 Å². The molecule has 0 spiro atoms. The molecule has 9 nitrogen and oxygen atoms in total. The van der Waals surface area contributed by atoms with Crippen LogP contribution in [-0.4, -0.2) is 100 Å². The molecule has 0 atom stereocenters. The number of benzene rings is 1. The lowest BCUT2D eigenvalue weighted by atomic mass is 10.1. The number of rotatable bonds is 11. The number of methoxy groups -OCH3 is 1. The normalized spacial score (nSPS) is 15.2. The first kappa shape index (κ1) is 26.2. The molecule has 0 aliphatic carbocycles. The number of nitrogens with zero attached hydrogens (tertiary/aromatic N) is 3. The van der Waals surface area contributed by atoms with Crippen LogP contribution < -0.4 is 5.32 Å². The Morgan fingerprint density at radius 1 is 1.16 bits per heavy atom. The lowest BCUT2D eigenvalue weighted by molar-refractivity contribution is -0.122. The average Bonchev–Trinajstić information content (AvgIpc) is 2.77. The third kappa shape index (κ3) is 6.71. The molecular formula is C21H33FN4O5S. The predicted molar refractivity (Wildman–Crippen MR) is 118 cm³/mol. The van der Waals surface area contributed by atoms with Gasteiger partial charge in [0.1, 0.15) is 5.82 Å². The number of amides is 2. The van der Waals surface area contributed by atoms with Crippen LogP contribution in [0.3, 0.4) is 0 Å². The van der Waals surface area contributed by atoms with Crippen LogP contribution in [0.1, 0.15) is 30.6 Å². The van der Waals surface area contributed by atoms with Gasteiger partial charge in [-0.1, -0.05) is 13.8 Å². The van der Waals surface area contributed by atoms with Gasteiger partial charge in [0.2, 0.25) is 15.9 Å². The Bertz CT molecular complexity index is 884. The highest BCUT2D eigenvalue weighted by atomic mass is 32.2. The second-order valence-corrected chi connectivity index (χ2v) is 9.43. The highest BCUT2D eigenvalue weighted by molar-refractivity contribution is 7.89. The maximum Gasteiger partial charge on any atom is 0.256 e. The molecule has 1 aliphatic rings. The molecule has 2 rings (SSSR count). The van der Waals surface area contributed by atoms with Crippen LogP contribution in [0.5, 0.6) is 0 Å². The van der Waals surface area contributed by atoms with E-state index in [0.717, 1.165) is 18.6 Å². The molecule has 0 radical (unpaired) electrons. The van der Waals surface area contributed by atoms with Crippen molar-refractivity contribution in [2.75, 3.05) is 66.1 Å².